The normalized spacial score (nSPS) is 17.6. The molecule has 0 spiro atoms. The van der Waals surface area contributed by atoms with Crippen LogP contribution in [0.1, 0.15) is 55.8 Å². The quantitative estimate of drug-likeness (QED) is 0.157. The van der Waals surface area contributed by atoms with Crippen LogP contribution in [0.25, 0.3) is 56.0 Å². The first-order valence-corrected chi connectivity index (χ1v) is 30.9. The van der Waals surface area contributed by atoms with Crippen molar-refractivity contribution < 1.29 is 17.4 Å². The van der Waals surface area contributed by atoms with Crippen LogP contribution in [0.5, 0.6) is 0 Å². The molecule has 0 N–H and O–H groups in total. The first-order chi connectivity index (χ1) is 22.5. The van der Waals surface area contributed by atoms with Crippen LogP contribution >= 0.6 is 0 Å². The van der Waals surface area contributed by atoms with E-state index in [1.54, 1.807) is 22.3 Å². The number of hydrogen-bond acceptors (Lipinski definition) is 0. The fourth-order valence-electron chi connectivity index (χ4n) is 9.50. The van der Waals surface area contributed by atoms with Gasteiger partial charge in [-0.25, -0.2) is 0 Å². The van der Waals surface area contributed by atoms with Crippen molar-refractivity contribution in [3.8, 4) is 22.3 Å². The molecule has 0 amide bonds. The summed E-state index contributed by atoms with van der Waals surface area (Å²) in [6.45, 7) is 12.1. The van der Waals surface area contributed by atoms with Gasteiger partial charge >= 0.3 is 285 Å². The first kappa shape index (κ1) is 30.7. The number of hydrogen-bond donors (Lipinski definition) is 0. The fraction of sp³-hybridized carbons (Fsp3) is 0.200. The van der Waals surface area contributed by atoms with Crippen LogP contribution in [0.2, 0.25) is 9.26 Å². The minimum atomic E-state index is -3.75. The maximum absolute atomic E-state index is 3.75. The van der Waals surface area contributed by atoms with Gasteiger partial charge in [-0.2, -0.15) is 0 Å². The molecule has 0 aliphatic heterocycles. The SMILES string of the molecule is CC1=Cc2c(-c3ccc4ccccc4c3)ccc(C)c2[CH]1[Zr]([CH3])([CH3])(=[SiH2])[CH]1C(C(C)C)=Cc2c(-c3cccc4ccccc34)cccc21. The number of fused-ring (bicyclic) bond motifs is 4. The molecular formula is C45H44SiZr. The Bertz CT molecular complexity index is 2390. The number of benzene rings is 6. The van der Waals surface area contributed by atoms with Gasteiger partial charge in [0.05, 0.1) is 0 Å². The predicted octanol–water partition coefficient (Wildman–Crippen LogP) is 12.2. The molecule has 0 heterocycles. The zero-order chi connectivity index (χ0) is 32.7. The summed E-state index contributed by atoms with van der Waals surface area (Å²) >= 11 is -3.75. The Kier molecular flexibility index (Phi) is 7.18. The van der Waals surface area contributed by atoms with Crippen molar-refractivity contribution >= 4 is 40.6 Å². The van der Waals surface area contributed by atoms with Crippen molar-refractivity contribution in [2.24, 2.45) is 5.92 Å². The maximum atomic E-state index is 2.78. The Morgan fingerprint density at radius 1 is 0.596 bits per heavy atom. The molecule has 6 aromatic carbocycles. The van der Waals surface area contributed by atoms with Crippen molar-refractivity contribution in [1.29, 1.82) is 0 Å². The summed E-state index contributed by atoms with van der Waals surface area (Å²) in [5.74, 6) is 0.487. The Balaban J connectivity index is 1.31. The molecule has 8 rings (SSSR count). The van der Waals surface area contributed by atoms with Crippen LogP contribution in [0, 0.1) is 12.8 Å². The third-order valence-electron chi connectivity index (χ3n) is 11.4. The van der Waals surface area contributed by atoms with Gasteiger partial charge < -0.3 is 0 Å². The molecule has 0 radical (unpaired) electrons. The monoisotopic (exact) mass is 702 g/mol. The molecule has 6 aromatic rings. The van der Waals surface area contributed by atoms with E-state index in [4.69, 9.17) is 0 Å². The molecule has 47 heavy (non-hydrogen) atoms. The zero-order valence-corrected chi connectivity index (χ0v) is 32.4. The fourth-order valence-corrected chi connectivity index (χ4v) is 30.1. The van der Waals surface area contributed by atoms with Crippen LogP contribution in [0.15, 0.2) is 126 Å². The van der Waals surface area contributed by atoms with Gasteiger partial charge in [-0.1, -0.05) is 0 Å². The predicted molar refractivity (Wildman–Crippen MR) is 206 cm³/mol. The molecule has 2 aliphatic rings. The van der Waals surface area contributed by atoms with Gasteiger partial charge in [0.25, 0.3) is 0 Å². The van der Waals surface area contributed by atoms with Crippen molar-refractivity contribution in [3.05, 3.63) is 154 Å². The van der Waals surface area contributed by atoms with Crippen LogP contribution in [0.4, 0.5) is 0 Å². The van der Waals surface area contributed by atoms with Gasteiger partial charge in [0.15, 0.2) is 0 Å². The third kappa shape index (κ3) is 4.78. The van der Waals surface area contributed by atoms with E-state index in [1.807, 2.05) is 0 Å². The molecule has 0 fully saturated rings. The van der Waals surface area contributed by atoms with Crippen molar-refractivity contribution in [1.82, 2.24) is 0 Å². The summed E-state index contributed by atoms with van der Waals surface area (Å²) in [4.78, 5) is 0. The summed E-state index contributed by atoms with van der Waals surface area (Å²) < 4.78 is 6.53. The van der Waals surface area contributed by atoms with Crippen LogP contribution in [-0.4, -0.2) is 6.88 Å². The molecule has 0 nitrogen and oxygen atoms in total. The van der Waals surface area contributed by atoms with Gasteiger partial charge in [0, 0.05) is 0 Å². The molecule has 2 atom stereocenters. The average molecular weight is 704 g/mol. The molecule has 2 aliphatic carbocycles. The summed E-state index contributed by atoms with van der Waals surface area (Å²) in [6.07, 6.45) is 5.18. The second kappa shape index (κ2) is 11.0. The number of aryl methyl sites for hydroxylation is 1. The van der Waals surface area contributed by atoms with Gasteiger partial charge in [0.2, 0.25) is 0 Å². The summed E-state index contributed by atoms with van der Waals surface area (Å²) in [5.41, 5.74) is 16.1. The van der Waals surface area contributed by atoms with E-state index in [9.17, 15) is 0 Å². The van der Waals surface area contributed by atoms with E-state index in [2.05, 4.69) is 171 Å². The third-order valence-corrected chi connectivity index (χ3v) is 29.0. The Labute approximate surface area is 282 Å². The van der Waals surface area contributed by atoms with Crippen LogP contribution in [0.3, 0.4) is 0 Å². The van der Waals surface area contributed by atoms with E-state index < -0.39 is 17.4 Å². The van der Waals surface area contributed by atoms with Crippen LogP contribution < -0.4 is 0 Å². The summed E-state index contributed by atoms with van der Waals surface area (Å²) in [5, 5.41) is 5.24. The van der Waals surface area contributed by atoms with E-state index in [-0.39, 0.29) is 0 Å². The van der Waals surface area contributed by atoms with E-state index >= 15 is 0 Å². The number of allylic oxidation sites excluding steroid dienone is 2. The minimum absolute atomic E-state index is 0.487. The molecular weight excluding hydrogens is 660 g/mol. The topological polar surface area (TPSA) is 0 Å². The Morgan fingerprint density at radius 2 is 1.28 bits per heavy atom. The summed E-state index contributed by atoms with van der Waals surface area (Å²) in [7, 11) is 0. The van der Waals surface area contributed by atoms with Crippen molar-refractivity contribution in [3.63, 3.8) is 0 Å². The van der Waals surface area contributed by atoms with Gasteiger partial charge in [0.1, 0.15) is 0 Å². The zero-order valence-electron chi connectivity index (χ0n) is 28.6. The molecule has 0 saturated carbocycles. The van der Waals surface area contributed by atoms with Gasteiger partial charge in [-0.05, 0) is 0 Å². The second-order valence-electron chi connectivity index (χ2n) is 15.6. The Hall–Kier alpha value is -3.58. The van der Waals surface area contributed by atoms with Crippen molar-refractivity contribution in [2.45, 2.75) is 44.2 Å². The molecule has 0 aromatic heterocycles. The average Bonchev–Trinajstić information content (AvgIpc) is 3.65. The van der Waals surface area contributed by atoms with Crippen LogP contribution in [-0.2, 0) is 17.4 Å². The Morgan fingerprint density at radius 3 is 2.06 bits per heavy atom. The van der Waals surface area contributed by atoms with E-state index in [0.29, 0.717) is 13.2 Å². The molecule has 2 unspecified atom stereocenters. The first-order valence-electron chi connectivity index (χ1n) is 17.2. The van der Waals surface area contributed by atoms with E-state index in [0.717, 1.165) is 0 Å². The standard InChI is InChI=1S/C22H19.C21H17.2CH3.H2Si.Zr/c1-15(2)18-13-17-9-6-12-21(22(17)14-18)20-11-5-8-16-7-3-4-10-19(16)20;1-14-11-20-15(2)7-10-19(21(20)12-14)18-9-8-16-5-3-4-6-17(16)13-18;;;;/h3-15H,1-2H3;3-13H,1-2H3;2*1H3;1H2;. The second-order valence-corrected chi connectivity index (χ2v) is 46.1. The number of rotatable bonds is 5. The summed E-state index contributed by atoms with van der Waals surface area (Å²) in [6, 6.07) is 43.3. The molecule has 0 saturated heterocycles. The molecule has 232 valence electrons. The van der Waals surface area contributed by atoms with Gasteiger partial charge in [-0.15, -0.1) is 0 Å². The van der Waals surface area contributed by atoms with Crippen molar-refractivity contribution in [2.75, 3.05) is 0 Å². The molecule has 2 heteroatoms. The van der Waals surface area contributed by atoms with E-state index in [1.165, 1.54) is 60.5 Å². The molecule has 0 bridgehead atoms. The van der Waals surface area contributed by atoms with Gasteiger partial charge in [-0.3, -0.25) is 0 Å².